The Morgan fingerprint density at radius 3 is 2.36 bits per heavy atom. The number of nitrogens with zero attached hydrogens (tertiary/aromatic N) is 1. The van der Waals surface area contributed by atoms with Crippen LogP contribution in [-0.4, -0.2) is 47.1 Å². The fourth-order valence-corrected chi connectivity index (χ4v) is 3.65. The van der Waals surface area contributed by atoms with Crippen LogP contribution in [0.15, 0.2) is 47.4 Å². The van der Waals surface area contributed by atoms with E-state index in [1.54, 1.807) is 43.5 Å². The molecule has 136 valence electrons. The number of nitrogens with one attached hydrogen (secondary N) is 1. The fourth-order valence-electron chi connectivity index (χ4n) is 2.25. The summed E-state index contributed by atoms with van der Waals surface area (Å²) >= 11 is 6.27. The molecular weight excluding hydrogens is 360 g/mol. The molecule has 25 heavy (non-hydrogen) atoms. The molecule has 0 heterocycles. The van der Waals surface area contributed by atoms with E-state index in [1.165, 1.54) is 0 Å². The predicted molar refractivity (Wildman–Crippen MR) is 102 cm³/mol. The summed E-state index contributed by atoms with van der Waals surface area (Å²) in [6.07, 6.45) is 0. The Balaban J connectivity index is 2.26. The Kier molecular flexibility index (Phi) is 6.46. The van der Waals surface area contributed by atoms with Gasteiger partial charge in [0.05, 0.1) is 17.0 Å². The van der Waals surface area contributed by atoms with Crippen LogP contribution in [0.5, 0.6) is 5.75 Å². The highest BCUT2D eigenvalue weighted by atomic mass is 35.5. The van der Waals surface area contributed by atoms with Gasteiger partial charge in [-0.25, -0.2) is 13.1 Å². The molecule has 2 rings (SSSR count). The van der Waals surface area contributed by atoms with Gasteiger partial charge in [0.15, 0.2) is 0 Å². The van der Waals surface area contributed by atoms with Gasteiger partial charge in [0.2, 0.25) is 10.0 Å². The van der Waals surface area contributed by atoms with Crippen molar-refractivity contribution >= 4 is 21.6 Å². The van der Waals surface area contributed by atoms with Crippen molar-refractivity contribution in [1.82, 2.24) is 9.62 Å². The van der Waals surface area contributed by atoms with E-state index in [1.807, 2.05) is 32.0 Å². The molecule has 7 heteroatoms. The number of sulfonamides is 1. The zero-order valence-corrected chi connectivity index (χ0v) is 16.4. The molecule has 0 aromatic heterocycles. The summed E-state index contributed by atoms with van der Waals surface area (Å²) < 4.78 is 32.8. The lowest BCUT2D eigenvalue weighted by Gasteiger charge is -2.20. The summed E-state index contributed by atoms with van der Waals surface area (Å²) in [5.74, 6) is 0.640. The zero-order valence-electron chi connectivity index (χ0n) is 14.8. The van der Waals surface area contributed by atoms with Crippen molar-refractivity contribution in [3.05, 3.63) is 47.5 Å². The van der Waals surface area contributed by atoms with Gasteiger partial charge in [0.25, 0.3) is 0 Å². The molecular formula is C18H23ClN2O3S. The summed E-state index contributed by atoms with van der Waals surface area (Å²) in [5.41, 5.74) is 1.54. The summed E-state index contributed by atoms with van der Waals surface area (Å²) in [6.45, 7) is 2.30. The maximum atomic E-state index is 12.4. The minimum Gasteiger partial charge on any atom is -0.496 e. The van der Waals surface area contributed by atoms with E-state index in [4.69, 9.17) is 16.3 Å². The molecule has 1 N–H and O–H groups in total. The third-order valence-corrected chi connectivity index (χ3v) is 5.85. The van der Waals surface area contributed by atoms with Gasteiger partial charge in [-0.2, -0.15) is 0 Å². The van der Waals surface area contributed by atoms with E-state index in [9.17, 15) is 8.42 Å². The van der Waals surface area contributed by atoms with Crippen molar-refractivity contribution in [1.29, 1.82) is 0 Å². The van der Waals surface area contributed by atoms with Crippen molar-refractivity contribution in [3.8, 4) is 16.9 Å². The van der Waals surface area contributed by atoms with Crippen LogP contribution in [0.3, 0.4) is 0 Å². The SMILES string of the molecule is COc1cccc(Cl)c1-c1ccc(S(=O)(=O)NC[C@@H](C)N(C)C)cc1. The van der Waals surface area contributed by atoms with Gasteiger partial charge in [0, 0.05) is 18.2 Å². The first kappa shape index (κ1) is 19.7. The number of benzene rings is 2. The van der Waals surface area contributed by atoms with Crippen molar-refractivity contribution in [2.75, 3.05) is 27.7 Å². The van der Waals surface area contributed by atoms with Crippen LogP contribution in [0.2, 0.25) is 5.02 Å². The Labute approximate surface area is 154 Å². The molecule has 0 fully saturated rings. The van der Waals surface area contributed by atoms with Crippen molar-refractivity contribution in [2.24, 2.45) is 0 Å². The van der Waals surface area contributed by atoms with Crippen molar-refractivity contribution < 1.29 is 13.2 Å². The van der Waals surface area contributed by atoms with Crippen LogP contribution in [-0.2, 0) is 10.0 Å². The van der Waals surface area contributed by atoms with E-state index >= 15 is 0 Å². The first-order chi connectivity index (χ1) is 11.8. The second-order valence-corrected chi connectivity index (χ2v) is 8.18. The van der Waals surface area contributed by atoms with E-state index in [0.717, 1.165) is 11.1 Å². The molecule has 0 saturated heterocycles. The van der Waals surface area contributed by atoms with Crippen LogP contribution in [0.4, 0.5) is 0 Å². The Bertz CT molecular complexity index is 821. The van der Waals surface area contributed by atoms with Crippen LogP contribution in [0.25, 0.3) is 11.1 Å². The van der Waals surface area contributed by atoms with Crippen molar-refractivity contribution in [2.45, 2.75) is 17.9 Å². The molecule has 0 aliphatic heterocycles. The molecule has 0 unspecified atom stereocenters. The normalized spacial score (nSPS) is 13.0. The number of likely N-dealkylation sites (N-methyl/N-ethyl adjacent to an activating group) is 1. The summed E-state index contributed by atoms with van der Waals surface area (Å²) in [6, 6.07) is 12.1. The maximum absolute atomic E-state index is 12.4. The minimum absolute atomic E-state index is 0.0986. The third kappa shape index (κ3) is 4.73. The first-order valence-electron chi connectivity index (χ1n) is 7.85. The molecule has 1 atom stereocenters. The molecule has 0 aliphatic rings. The number of ether oxygens (including phenoxy) is 1. The number of hydrogen-bond acceptors (Lipinski definition) is 4. The summed E-state index contributed by atoms with van der Waals surface area (Å²) in [7, 11) is 1.83. The Morgan fingerprint density at radius 1 is 1.16 bits per heavy atom. The van der Waals surface area contributed by atoms with E-state index < -0.39 is 10.0 Å². The van der Waals surface area contributed by atoms with Gasteiger partial charge >= 0.3 is 0 Å². The van der Waals surface area contributed by atoms with Crippen LogP contribution in [0, 0.1) is 0 Å². The van der Waals surface area contributed by atoms with Gasteiger partial charge in [-0.05, 0) is 50.8 Å². The molecule has 0 radical (unpaired) electrons. The lowest BCUT2D eigenvalue weighted by molar-refractivity contribution is 0.314. The Morgan fingerprint density at radius 2 is 1.80 bits per heavy atom. The minimum atomic E-state index is -3.55. The van der Waals surface area contributed by atoms with Gasteiger partial charge in [-0.1, -0.05) is 29.8 Å². The quantitative estimate of drug-likeness (QED) is 0.798. The van der Waals surface area contributed by atoms with Gasteiger partial charge in [-0.3, -0.25) is 0 Å². The monoisotopic (exact) mass is 382 g/mol. The fraction of sp³-hybridized carbons (Fsp3) is 0.333. The van der Waals surface area contributed by atoms with E-state index in [-0.39, 0.29) is 10.9 Å². The highest BCUT2D eigenvalue weighted by Crippen LogP contribution is 2.36. The molecule has 0 aliphatic carbocycles. The third-order valence-electron chi connectivity index (χ3n) is 4.10. The standard InChI is InChI=1S/C18H23ClN2O3S/c1-13(21(2)3)12-20-25(22,23)15-10-8-14(9-11-15)18-16(19)6-5-7-17(18)24-4/h5-11,13,20H,12H2,1-4H3/t13-/m1/s1. The molecule has 0 spiro atoms. The van der Waals surface area contributed by atoms with Crippen LogP contribution >= 0.6 is 11.6 Å². The predicted octanol–water partition coefficient (Wildman–Crippen LogP) is 3.24. The number of methoxy groups -OCH3 is 1. The average molecular weight is 383 g/mol. The molecule has 5 nitrogen and oxygen atoms in total. The smallest absolute Gasteiger partial charge is 0.240 e. The largest absolute Gasteiger partial charge is 0.496 e. The second-order valence-electron chi connectivity index (χ2n) is 6.01. The molecule has 0 bridgehead atoms. The Hall–Kier alpha value is -1.60. The maximum Gasteiger partial charge on any atom is 0.240 e. The highest BCUT2D eigenvalue weighted by Gasteiger charge is 2.17. The number of rotatable bonds is 7. The number of halogens is 1. The second kappa shape index (κ2) is 8.19. The lowest BCUT2D eigenvalue weighted by atomic mass is 10.0. The van der Waals surface area contributed by atoms with Crippen molar-refractivity contribution in [3.63, 3.8) is 0 Å². The van der Waals surface area contributed by atoms with Crippen LogP contribution in [0.1, 0.15) is 6.92 Å². The average Bonchev–Trinajstić information content (AvgIpc) is 2.59. The van der Waals surface area contributed by atoms with Gasteiger partial charge in [-0.15, -0.1) is 0 Å². The topological polar surface area (TPSA) is 58.6 Å². The lowest BCUT2D eigenvalue weighted by Crippen LogP contribution is -2.38. The van der Waals surface area contributed by atoms with E-state index in [2.05, 4.69) is 4.72 Å². The first-order valence-corrected chi connectivity index (χ1v) is 9.71. The summed E-state index contributed by atoms with van der Waals surface area (Å²) in [5, 5.41) is 0.549. The summed E-state index contributed by atoms with van der Waals surface area (Å²) in [4.78, 5) is 2.17. The molecule has 0 saturated carbocycles. The van der Waals surface area contributed by atoms with Gasteiger partial charge < -0.3 is 9.64 Å². The highest BCUT2D eigenvalue weighted by molar-refractivity contribution is 7.89. The zero-order chi connectivity index (χ0) is 18.6. The molecule has 2 aromatic rings. The molecule has 0 amide bonds. The van der Waals surface area contributed by atoms with Gasteiger partial charge in [0.1, 0.15) is 5.75 Å². The van der Waals surface area contributed by atoms with Crippen LogP contribution < -0.4 is 9.46 Å². The number of hydrogen-bond donors (Lipinski definition) is 1. The molecule has 2 aromatic carbocycles. The van der Waals surface area contributed by atoms with E-state index in [0.29, 0.717) is 17.3 Å².